The van der Waals surface area contributed by atoms with Gasteiger partial charge in [0.25, 0.3) is 0 Å². The van der Waals surface area contributed by atoms with E-state index in [0.29, 0.717) is 5.92 Å². The maximum Gasteiger partial charge on any atom is 0.0607 e. The highest BCUT2D eigenvalue weighted by Crippen LogP contribution is 2.56. The van der Waals surface area contributed by atoms with Crippen molar-refractivity contribution in [1.29, 1.82) is 0 Å². The Kier molecular flexibility index (Phi) is 5.10. The summed E-state index contributed by atoms with van der Waals surface area (Å²) < 4.78 is 0. The number of aliphatic hydroxyl groups excluding tert-OH is 1. The van der Waals surface area contributed by atoms with Crippen molar-refractivity contribution in [3.8, 4) is 0 Å². The van der Waals surface area contributed by atoms with Crippen molar-refractivity contribution in [3.05, 3.63) is 100 Å². The molecule has 3 heteroatoms. The van der Waals surface area contributed by atoms with Crippen molar-refractivity contribution in [3.63, 3.8) is 0 Å². The highest BCUT2D eigenvalue weighted by atomic mass is 16.3. The molecule has 0 saturated heterocycles. The van der Waals surface area contributed by atoms with Crippen molar-refractivity contribution in [2.45, 2.75) is 63.4 Å². The van der Waals surface area contributed by atoms with Crippen LogP contribution in [0.4, 0.5) is 11.4 Å². The van der Waals surface area contributed by atoms with E-state index in [9.17, 15) is 5.11 Å². The SMILES string of the molecule is Cc1ncccc1Nc1ccc2c(c1)CCC1=C3CC(O)CC3CCC12Cc1ccccc1. The first-order valence-corrected chi connectivity index (χ1v) is 12.4. The normalized spacial score (nSPS) is 25.9. The van der Waals surface area contributed by atoms with Crippen LogP contribution in [0.5, 0.6) is 0 Å². The summed E-state index contributed by atoms with van der Waals surface area (Å²) in [5, 5.41) is 14.1. The van der Waals surface area contributed by atoms with Gasteiger partial charge in [0, 0.05) is 17.3 Å². The summed E-state index contributed by atoms with van der Waals surface area (Å²) in [7, 11) is 0. The fraction of sp³-hybridized carbons (Fsp3) is 0.367. The van der Waals surface area contributed by atoms with Crippen LogP contribution in [0.2, 0.25) is 0 Å². The zero-order valence-electron chi connectivity index (χ0n) is 19.3. The van der Waals surface area contributed by atoms with Gasteiger partial charge in [-0.25, -0.2) is 0 Å². The number of pyridine rings is 1. The number of hydrogen-bond acceptors (Lipinski definition) is 3. The Bertz CT molecular complexity index is 1210. The van der Waals surface area contributed by atoms with E-state index in [4.69, 9.17) is 0 Å². The number of aromatic nitrogens is 1. The van der Waals surface area contributed by atoms with Gasteiger partial charge in [-0.1, -0.05) is 47.5 Å². The summed E-state index contributed by atoms with van der Waals surface area (Å²) in [6.07, 6.45) is 9.15. The van der Waals surface area contributed by atoms with Crippen molar-refractivity contribution in [2.75, 3.05) is 5.32 Å². The van der Waals surface area contributed by atoms with Crippen molar-refractivity contribution in [2.24, 2.45) is 5.92 Å². The number of allylic oxidation sites excluding steroid dienone is 1. The molecule has 33 heavy (non-hydrogen) atoms. The quantitative estimate of drug-likeness (QED) is 0.464. The largest absolute Gasteiger partial charge is 0.393 e. The summed E-state index contributed by atoms with van der Waals surface area (Å²) >= 11 is 0. The Morgan fingerprint density at radius 2 is 1.94 bits per heavy atom. The van der Waals surface area contributed by atoms with Crippen molar-refractivity contribution in [1.82, 2.24) is 4.98 Å². The van der Waals surface area contributed by atoms with Gasteiger partial charge in [0.2, 0.25) is 0 Å². The molecule has 0 radical (unpaired) electrons. The number of hydrogen-bond donors (Lipinski definition) is 2. The lowest BCUT2D eigenvalue weighted by Gasteiger charge is -2.47. The fourth-order valence-electron chi connectivity index (χ4n) is 6.82. The molecule has 6 rings (SSSR count). The van der Waals surface area contributed by atoms with Crippen LogP contribution in [0.1, 0.15) is 54.5 Å². The molecule has 2 aromatic carbocycles. The van der Waals surface area contributed by atoms with E-state index in [2.05, 4.69) is 64.9 Å². The topological polar surface area (TPSA) is 45.2 Å². The standard InChI is InChI=1S/C30H32N2O/c1-20-29(8-5-15-31-20)32-24-10-12-27-23(16-24)9-11-28-26-18-25(33)17-22(26)13-14-30(27,28)19-21-6-3-2-4-7-21/h2-8,10,12,15-16,22,25,32-33H,9,11,13-14,17-19H2,1H3. The lowest BCUT2D eigenvalue weighted by Crippen LogP contribution is -2.40. The van der Waals surface area contributed by atoms with Gasteiger partial charge in [-0.05, 0) is 98.7 Å². The summed E-state index contributed by atoms with van der Waals surface area (Å²) in [5.74, 6) is 0.593. The van der Waals surface area contributed by atoms with E-state index >= 15 is 0 Å². The second kappa shape index (κ2) is 8.14. The summed E-state index contributed by atoms with van der Waals surface area (Å²) in [4.78, 5) is 4.42. The maximum absolute atomic E-state index is 10.5. The van der Waals surface area contributed by atoms with E-state index < -0.39 is 0 Å². The molecule has 0 spiro atoms. The van der Waals surface area contributed by atoms with Gasteiger partial charge in [0.15, 0.2) is 0 Å². The number of nitrogens with one attached hydrogen (secondary N) is 1. The van der Waals surface area contributed by atoms with E-state index in [1.807, 2.05) is 19.2 Å². The predicted octanol–water partition coefficient (Wildman–Crippen LogP) is 6.42. The van der Waals surface area contributed by atoms with Crippen LogP contribution in [0.3, 0.4) is 0 Å². The highest BCUT2D eigenvalue weighted by Gasteiger charge is 2.47. The molecule has 0 bridgehead atoms. The minimum absolute atomic E-state index is 0.0631. The molecule has 2 N–H and O–H groups in total. The first-order valence-electron chi connectivity index (χ1n) is 12.4. The molecule has 3 aliphatic carbocycles. The lowest BCUT2D eigenvalue weighted by atomic mass is 9.56. The first kappa shape index (κ1) is 20.7. The second-order valence-electron chi connectivity index (χ2n) is 10.2. The van der Waals surface area contributed by atoms with Gasteiger partial charge in [-0.3, -0.25) is 4.98 Å². The maximum atomic E-state index is 10.5. The van der Waals surface area contributed by atoms with Crippen LogP contribution >= 0.6 is 0 Å². The zero-order chi connectivity index (χ0) is 22.4. The van der Waals surface area contributed by atoms with E-state index in [0.717, 1.165) is 49.2 Å². The molecule has 1 fully saturated rings. The van der Waals surface area contributed by atoms with Gasteiger partial charge in [-0.15, -0.1) is 0 Å². The van der Waals surface area contributed by atoms with Gasteiger partial charge in [-0.2, -0.15) is 0 Å². The van der Waals surface area contributed by atoms with Gasteiger partial charge >= 0.3 is 0 Å². The Hall–Kier alpha value is -2.91. The predicted molar refractivity (Wildman–Crippen MR) is 134 cm³/mol. The monoisotopic (exact) mass is 436 g/mol. The zero-order valence-corrected chi connectivity index (χ0v) is 19.3. The minimum Gasteiger partial charge on any atom is -0.393 e. The molecule has 3 unspecified atom stereocenters. The average Bonchev–Trinajstić information content (AvgIpc) is 3.21. The van der Waals surface area contributed by atoms with E-state index in [-0.39, 0.29) is 11.5 Å². The van der Waals surface area contributed by atoms with Crippen LogP contribution in [-0.4, -0.2) is 16.2 Å². The third kappa shape index (κ3) is 3.59. The highest BCUT2D eigenvalue weighted by molar-refractivity contribution is 5.64. The Morgan fingerprint density at radius 3 is 2.79 bits per heavy atom. The molecule has 0 aliphatic heterocycles. The molecular weight excluding hydrogens is 404 g/mol. The van der Waals surface area contributed by atoms with Crippen molar-refractivity contribution >= 4 is 11.4 Å². The van der Waals surface area contributed by atoms with Crippen LogP contribution in [0.25, 0.3) is 0 Å². The Balaban J connectivity index is 1.44. The smallest absolute Gasteiger partial charge is 0.0607 e. The number of aliphatic hydroxyl groups is 1. The van der Waals surface area contributed by atoms with Crippen LogP contribution in [0, 0.1) is 12.8 Å². The van der Waals surface area contributed by atoms with Gasteiger partial charge < -0.3 is 10.4 Å². The van der Waals surface area contributed by atoms with Gasteiger partial charge in [0.05, 0.1) is 17.5 Å². The number of anilines is 2. The fourth-order valence-corrected chi connectivity index (χ4v) is 6.82. The minimum atomic E-state index is -0.152. The molecule has 1 saturated carbocycles. The number of rotatable bonds is 4. The third-order valence-electron chi connectivity index (χ3n) is 8.29. The first-order chi connectivity index (χ1) is 16.1. The van der Waals surface area contributed by atoms with E-state index in [1.165, 1.54) is 29.5 Å². The van der Waals surface area contributed by atoms with Crippen LogP contribution in [-0.2, 0) is 18.3 Å². The second-order valence-corrected chi connectivity index (χ2v) is 10.2. The van der Waals surface area contributed by atoms with Crippen LogP contribution in [0.15, 0.2) is 78.0 Å². The summed E-state index contributed by atoms with van der Waals surface area (Å²) in [6, 6.07) is 22.1. The molecular formula is C30H32N2O. The lowest BCUT2D eigenvalue weighted by molar-refractivity contribution is 0.177. The average molecular weight is 437 g/mol. The summed E-state index contributed by atoms with van der Waals surface area (Å²) in [6.45, 7) is 2.04. The Morgan fingerprint density at radius 1 is 1.06 bits per heavy atom. The number of fused-ring (bicyclic) bond motifs is 4. The number of aryl methyl sites for hydroxylation is 2. The molecule has 3 aromatic rings. The van der Waals surface area contributed by atoms with Crippen LogP contribution < -0.4 is 5.32 Å². The van der Waals surface area contributed by atoms with E-state index in [1.54, 1.807) is 11.1 Å². The molecule has 1 aromatic heterocycles. The number of nitrogens with zero attached hydrogens (tertiary/aromatic N) is 1. The molecule has 3 aliphatic rings. The summed E-state index contributed by atoms with van der Waals surface area (Å²) in [5.41, 5.74) is 10.9. The number of benzene rings is 2. The third-order valence-corrected chi connectivity index (χ3v) is 8.29. The molecule has 168 valence electrons. The molecule has 0 amide bonds. The molecule has 3 nitrogen and oxygen atoms in total. The van der Waals surface area contributed by atoms with Crippen molar-refractivity contribution < 1.29 is 5.11 Å². The van der Waals surface area contributed by atoms with Gasteiger partial charge in [0.1, 0.15) is 0 Å². The Labute approximate surface area is 196 Å². The molecule has 1 heterocycles. The molecule has 3 atom stereocenters.